The standard InChI is InChI=1S/C20H19BrClNO2/c1-13(20(24)14-5-3-2-4-6-14)23-12-16-8-10-19(25-16)17-9-7-15(21)11-18(17)22/h2-11,13,20,23-24H,12H2,1H3. The molecule has 0 bridgehead atoms. The highest BCUT2D eigenvalue weighted by Gasteiger charge is 2.16. The fraction of sp³-hybridized carbons (Fsp3) is 0.200. The highest BCUT2D eigenvalue weighted by Crippen LogP contribution is 2.31. The minimum atomic E-state index is -0.573. The Hall–Kier alpha value is -1.59. The first-order valence-electron chi connectivity index (χ1n) is 8.05. The zero-order chi connectivity index (χ0) is 17.8. The fourth-order valence-electron chi connectivity index (χ4n) is 2.62. The Kier molecular flexibility index (Phi) is 5.97. The van der Waals surface area contributed by atoms with E-state index in [0.717, 1.165) is 27.1 Å². The van der Waals surface area contributed by atoms with Crippen LogP contribution in [0.3, 0.4) is 0 Å². The number of halogens is 2. The van der Waals surface area contributed by atoms with Gasteiger partial charge >= 0.3 is 0 Å². The van der Waals surface area contributed by atoms with E-state index < -0.39 is 6.10 Å². The van der Waals surface area contributed by atoms with E-state index in [4.69, 9.17) is 16.0 Å². The van der Waals surface area contributed by atoms with E-state index in [9.17, 15) is 5.11 Å². The van der Waals surface area contributed by atoms with Crippen LogP contribution in [-0.4, -0.2) is 11.1 Å². The van der Waals surface area contributed by atoms with Crippen molar-refractivity contribution in [2.24, 2.45) is 0 Å². The molecule has 0 radical (unpaired) electrons. The Balaban J connectivity index is 1.64. The van der Waals surface area contributed by atoms with Crippen LogP contribution in [0, 0.1) is 0 Å². The monoisotopic (exact) mass is 419 g/mol. The number of rotatable bonds is 6. The summed E-state index contributed by atoms with van der Waals surface area (Å²) in [4.78, 5) is 0. The second kappa shape index (κ2) is 8.19. The first-order valence-corrected chi connectivity index (χ1v) is 9.22. The first kappa shape index (κ1) is 18.2. The average Bonchev–Trinajstić information content (AvgIpc) is 3.08. The molecule has 0 saturated carbocycles. The predicted molar refractivity (Wildman–Crippen MR) is 105 cm³/mol. The van der Waals surface area contributed by atoms with E-state index in [0.29, 0.717) is 11.6 Å². The van der Waals surface area contributed by atoms with Gasteiger partial charge in [0, 0.05) is 16.1 Å². The maximum absolute atomic E-state index is 10.4. The maximum Gasteiger partial charge on any atom is 0.135 e. The van der Waals surface area contributed by atoms with Crippen LogP contribution < -0.4 is 5.32 Å². The molecule has 25 heavy (non-hydrogen) atoms. The lowest BCUT2D eigenvalue weighted by molar-refractivity contribution is 0.134. The normalized spacial score (nSPS) is 13.6. The number of benzene rings is 2. The third kappa shape index (κ3) is 4.53. The van der Waals surface area contributed by atoms with Crippen LogP contribution in [0.5, 0.6) is 0 Å². The summed E-state index contributed by atoms with van der Waals surface area (Å²) < 4.78 is 6.81. The molecule has 3 rings (SSSR count). The van der Waals surface area contributed by atoms with E-state index in [-0.39, 0.29) is 6.04 Å². The van der Waals surface area contributed by atoms with E-state index >= 15 is 0 Å². The van der Waals surface area contributed by atoms with Gasteiger partial charge in [0.05, 0.1) is 17.7 Å². The van der Waals surface area contributed by atoms with Crippen molar-refractivity contribution in [3.63, 3.8) is 0 Å². The molecule has 3 aromatic rings. The lowest BCUT2D eigenvalue weighted by atomic mass is 10.0. The first-order chi connectivity index (χ1) is 12.0. The van der Waals surface area contributed by atoms with Crippen LogP contribution in [0.15, 0.2) is 69.6 Å². The van der Waals surface area contributed by atoms with Gasteiger partial charge in [0.1, 0.15) is 11.5 Å². The van der Waals surface area contributed by atoms with E-state index in [1.54, 1.807) is 0 Å². The van der Waals surface area contributed by atoms with Crippen LogP contribution in [0.1, 0.15) is 24.4 Å². The number of nitrogens with one attached hydrogen (secondary N) is 1. The molecule has 0 aliphatic carbocycles. The topological polar surface area (TPSA) is 45.4 Å². The minimum Gasteiger partial charge on any atom is -0.460 e. The van der Waals surface area contributed by atoms with E-state index in [2.05, 4.69) is 21.2 Å². The molecule has 2 N–H and O–H groups in total. The summed E-state index contributed by atoms with van der Waals surface area (Å²) in [5, 5.41) is 14.3. The van der Waals surface area contributed by atoms with Crippen LogP contribution in [0.2, 0.25) is 5.02 Å². The summed E-state index contributed by atoms with van der Waals surface area (Å²) in [6.07, 6.45) is -0.573. The number of aliphatic hydroxyl groups excluding tert-OH is 1. The number of hydrogen-bond donors (Lipinski definition) is 2. The molecule has 0 spiro atoms. The second-order valence-electron chi connectivity index (χ2n) is 5.92. The zero-order valence-electron chi connectivity index (χ0n) is 13.7. The summed E-state index contributed by atoms with van der Waals surface area (Å²) in [6, 6.07) is 19.0. The Bertz CT molecular complexity index is 835. The van der Waals surface area contributed by atoms with Gasteiger partial charge in [-0.2, -0.15) is 0 Å². The molecule has 0 amide bonds. The molecule has 2 aromatic carbocycles. The van der Waals surface area contributed by atoms with Crippen molar-refractivity contribution in [2.45, 2.75) is 25.6 Å². The Labute approximate surface area is 160 Å². The Morgan fingerprint density at radius 3 is 2.60 bits per heavy atom. The van der Waals surface area contributed by atoms with Crippen molar-refractivity contribution >= 4 is 27.5 Å². The lowest BCUT2D eigenvalue weighted by Crippen LogP contribution is -2.31. The van der Waals surface area contributed by atoms with Gasteiger partial charge in [-0.25, -0.2) is 0 Å². The average molecular weight is 421 g/mol. The van der Waals surface area contributed by atoms with Crippen molar-refractivity contribution in [1.82, 2.24) is 5.32 Å². The molecule has 130 valence electrons. The molecule has 0 aliphatic heterocycles. The van der Waals surface area contributed by atoms with Crippen LogP contribution in [0.4, 0.5) is 0 Å². The number of aliphatic hydroxyl groups is 1. The van der Waals surface area contributed by atoms with Gasteiger partial charge in [-0.3, -0.25) is 0 Å². The molecule has 2 unspecified atom stereocenters. The molecule has 3 nitrogen and oxygen atoms in total. The minimum absolute atomic E-state index is 0.104. The predicted octanol–water partition coefficient (Wildman–Crippen LogP) is 5.57. The lowest BCUT2D eigenvalue weighted by Gasteiger charge is -2.20. The van der Waals surface area contributed by atoms with Crippen molar-refractivity contribution in [1.29, 1.82) is 0 Å². The molecule has 0 saturated heterocycles. The van der Waals surface area contributed by atoms with Crippen molar-refractivity contribution < 1.29 is 9.52 Å². The van der Waals surface area contributed by atoms with Crippen LogP contribution >= 0.6 is 27.5 Å². The summed E-state index contributed by atoms with van der Waals surface area (Å²) in [5.74, 6) is 1.52. The van der Waals surface area contributed by atoms with Crippen molar-refractivity contribution in [2.75, 3.05) is 0 Å². The molecule has 1 heterocycles. The molecular formula is C20H19BrClNO2. The molecule has 0 fully saturated rings. The Morgan fingerprint density at radius 1 is 1.12 bits per heavy atom. The fourth-order valence-corrected chi connectivity index (χ4v) is 3.39. The highest BCUT2D eigenvalue weighted by molar-refractivity contribution is 9.10. The molecule has 5 heteroatoms. The van der Waals surface area contributed by atoms with E-state index in [1.165, 1.54) is 0 Å². The van der Waals surface area contributed by atoms with Gasteiger partial charge < -0.3 is 14.8 Å². The van der Waals surface area contributed by atoms with Crippen LogP contribution in [-0.2, 0) is 6.54 Å². The van der Waals surface area contributed by atoms with Gasteiger partial charge in [-0.1, -0.05) is 57.9 Å². The third-order valence-corrected chi connectivity index (χ3v) is 4.88. The summed E-state index contributed by atoms with van der Waals surface area (Å²) >= 11 is 9.67. The number of furan rings is 1. The van der Waals surface area contributed by atoms with E-state index in [1.807, 2.05) is 67.6 Å². The molecular weight excluding hydrogens is 402 g/mol. The third-order valence-electron chi connectivity index (χ3n) is 4.07. The van der Waals surface area contributed by atoms with Gasteiger partial charge in [0.15, 0.2) is 0 Å². The Morgan fingerprint density at radius 2 is 1.88 bits per heavy atom. The largest absolute Gasteiger partial charge is 0.460 e. The summed E-state index contributed by atoms with van der Waals surface area (Å²) in [6.45, 7) is 2.48. The molecule has 1 aromatic heterocycles. The van der Waals surface area contributed by atoms with Crippen molar-refractivity contribution in [3.05, 3.63) is 81.5 Å². The SMILES string of the molecule is CC(NCc1ccc(-c2ccc(Br)cc2Cl)o1)C(O)c1ccccc1. The van der Waals surface area contributed by atoms with Crippen molar-refractivity contribution in [3.8, 4) is 11.3 Å². The quantitative estimate of drug-likeness (QED) is 0.547. The maximum atomic E-state index is 10.4. The van der Waals surface area contributed by atoms with Gasteiger partial charge in [0.25, 0.3) is 0 Å². The van der Waals surface area contributed by atoms with Gasteiger partial charge in [-0.05, 0) is 42.8 Å². The summed E-state index contributed by atoms with van der Waals surface area (Å²) in [7, 11) is 0. The summed E-state index contributed by atoms with van der Waals surface area (Å²) in [5.41, 5.74) is 1.75. The van der Waals surface area contributed by atoms with Crippen LogP contribution in [0.25, 0.3) is 11.3 Å². The molecule has 2 atom stereocenters. The van der Waals surface area contributed by atoms with Gasteiger partial charge in [-0.15, -0.1) is 0 Å². The highest BCUT2D eigenvalue weighted by atomic mass is 79.9. The molecule has 0 aliphatic rings. The zero-order valence-corrected chi connectivity index (χ0v) is 16.1. The smallest absolute Gasteiger partial charge is 0.135 e. The van der Waals surface area contributed by atoms with Gasteiger partial charge in [0.2, 0.25) is 0 Å². The number of hydrogen-bond acceptors (Lipinski definition) is 3. The second-order valence-corrected chi connectivity index (χ2v) is 7.24.